The largest absolute Gasteiger partial charge is 0.369 e. The van der Waals surface area contributed by atoms with Crippen molar-refractivity contribution >= 4 is 28.5 Å². The number of hydrogen-bond donors (Lipinski definition) is 1. The van der Waals surface area contributed by atoms with E-state index in [1.165, 1.54) is 6.07 Å². The molecule has 13 heavy (non-hydrogen) atoms. The summed E-state index contributed by atoms with van der Waals surface area (Å²) in [5, 5.41) is 0. The molecule has 0 saturated carbocycles. The van der Waals surface area contributed by atoms with Gasteiger partial charge in [0.1, 0.15) is 5.82 Å². The third-order valence-electron chi connectivity index (χ3n) is 1.72. The van der Waals surface area contributed by atoms with Gasteiger partial charge >= 0.3 is 0 Å². The Morgan fingerprint density at radius 3 is 2.69 bits per heavy atom. The molecule has 0 aromatic heterocycles. The van der Waals surface area contributed by atoms with Gasteiger partial charge in [0.05, 0.1) is 6.42 Å². The van der Waals surface area contributed by atoms with E-state index in [2.05, 4.69) is 0 Å². The molecule has 2 N–H and O–H groups in total. The molecule has 0 heterocycles. The second-order valence-corrected chi connectivity index (χ2v) is 3.99. The summed E-state index contributed by atoms with van der Waals surface area (Å²) in [6, 6.07) is 3.12. The molecule has 0 fully saturated rings. The molecule has 2 nitrogen and oxygen atoms in total. The molecular formula is C9H9FINO. The van der Waals surface area contributed by atoms with Gasteiger partial charge in [-0.05, 0) is 52.8 Å². The van der Waals surface area contributed by atoms with Crippen molar-refractivity contribution in [3.8, 4) is 0 Å². The van der Waals surface area contributed by atoms with Crippen molar-refractivity contribution < 1.29 is 9.18 Å². The van der Waals surface area contributed by atoms with E-state index in [1.807, 2.05) is 22.6 Å². The predicted molar refractivity (Wildman–Crippen MR) is 56.8 cm³/mol. The lowest BCUT2D eigenvalue weighted by Crippen LogP contribution is -2.14. The zero-order chi connectivity index (χ0) is 10.0. The molecule has 1 aromatic rings. The van der Waals surface area contributed by atoms with Gasteiger partial charge in [-0.2, -0.15) is 0 Å². The van der Waals surface area contributed by atoms with Crippen LogP contribution in [0.25, 0.3) is 0 Å². The number of halogens is 2. The fourth-order valence-electron chi connectivity index (χ4n) is 1.00. The van der Waals surface area contributed by atoms with Crippen LogP contribution < -0.4 is 5.73 Å². The molecule has 1 aromatic carbocycles. The summed E-state index contributed by atoms with van der Waals surface area (Å²) >= 11 is 2.03. The number of rotatable bonds is 2. The molecule has 0 aliphatic rings. The van der Waals surface area contributed by atoms with Crippen molar-refractivity contribution in [2.75, 3.05) is 0 Å². The summed E-state index contributed by atoms with van der Waals surface area (Å²) in [5.41, 5.74) is 6.23. The van der Waals surface area contributed by atoms with Gasteiger partial charge in [-0.3, -0.25) is 4.79 Å². The number of carbonyl (C=O) groups is 1. The maximum atomic E-state index is 13.1. The molecule has 1 rings (SSSR count). The minimum Gasteiger partial charge on any atom is -0.369 e. The SMILES string of the molecule is Cc1c(F)cc(CC(N)=O)cc1I. The summed E-state index contributed by atoms with van der Waals surface area (Å²) < 4.78 is 13.9. The van der Waals surface area contributed by atoms with Crippen LogP contribution in [-0.2, 0) is 11.2 Å². The van der Waals surface area contributed by atoms with Gasteiger partial charge in [0.2, 0.25) is 5.91 Å². The lowest BCUT2D eigenvalue weighted by molar-refractivity contribution is -0.117. The normalized spacial score (nSPS) is 10.1. The van der Waals surface area contributed by atoms with Crippen LogP contribution in [0.3, 0.4) is 0 Å². The maximum Gasteiger partial charge on any atom is 0.221 e. The first-order valence-electron chi connectivity index (χ1n) is 3.73. The third-order valence-corrected chi connectivity index (χ3v) is 2.84. The molecule has 0 atom stereocenters. The number of nitrogens with two attached hydrogens (primary N) is 1. The lowest BCUT2D eigenvalue weighted by atomic mass is 10.1. The highest BCUT2D eigenvalue weighted by molar-refractivity contribution is 14.1. The van der Waals surface area contributed by atoms with E-state index < -0.39 is 5.91 Å². The predicted octanol–water partition coefficient (Wildman–Crippen LogP) is 1.77. The lowest BCUT2D eigenvalue weighted by Gasteiger charge is -2.03. The number of amides is 1. The second-order valence-electron chi connectivity index (χ2n) is 2.83. The Labute approximate surface area is 89.5 Å². The Bertz CT molecular complexity index is 328. The Morgan fingerprint density at radius 1 is 1.62 bits per heavy atom. The van der Waals surface area contributed by atoms with Crippen molar-refractivity contribution in [1.82, 2.24) is 0 Å². The number of hydrogen-bond acceptors (Lipinski definition) is 1. The second kappa shape index (κ2) is 4.04. The van der Waals surface area contributed by atoms with E-state index in [1.54, 1.807) is 13.0 Å². The van der Waals surface area contributed by atoms with Crippen molar-refractivity contribution in [2.24, 2.45) is 5.73 Å². The van der Waals surface area contributed by atoms with Crippen LogP contribution in [0.5, 0.6) is 0 Å². The van der Waals surface area contributed by atoms with Crippen LogP contribution >= 0.6 is 22.6 Å². The summed E-state index contributed by atoms with van der Waals surface area (Å²) in [6.07, 6.45) is 0.0905. The molecule has 0 aliphatic heterocycles. The van der Waals surface area contributed by atoms with E-state index in [4.69, 9.17) is 5.73 Å². The molecule has 70 valence electrons. The molecule has 1 amide bonds. The van der Waals surface area contributed by atoms with E-state index >= 15 is 0 Å². The van der Waals surface area contributed by atoms with Gasteiger partial charge in [-0.15, -0.1) is 0 Å². The molecule has 0 spiro atoms. The standard InChI is InChI=1S/C9H9FINO/c1-5-7(10)2-6(3-8(5)11)4-9(12)13/h2-3H,4H2,1H3,(H2,12,13). The van der Waals surface area contributed by atoms with Crippen LogP contribution in [0.2, 0.25) is 0 Å². The van der Waals surface area contributed by atoms with Crippen LogP contribution in [-0.4, -0.2) is 5.91 Å². The molecule has 0 radical (unpaired) electrons. The molecule has 4 heteroatoms. The van der Waals surface area contributed by atoms with Crippen molar-refractivity contribution in [3.63, 3.8) is 0 Å². The van der Waals surface area contributed by atoms with E-state index in [0.29, 0.717) is 11.1 Å². The molecule has 0 unspecified atom stereocenters. The van der Waals surface area contributed by atoms with Crippen LogP contribution in [0.1, 0.15) is 11.1 Å². The topological polar surface area (TPSA) is 43.1 Å². The number of benzene rings is 1. The Hall–Kier alpha value is -0.650. The Morgan fingerprint density at radius 2 is 2.23 bits per heavy atom. The summed E-state index contributed by atoms with van der Waals surface area (Å²) in [6.45, 7) is 1.70. The van der Waals surface area contributed by atoms with Gasteiger partial charge in [-0.1, -0.05) is 0 Å². The van der Waals surface area contributed by atoms with Gasteiger partial charge in [0, 0.05) is 3.57 Å². The summed E-state index contributed by atoms with van der Waals surface area (Å²) in [5.74, 6) is -0.734. The Balaban J connectivity index is 3.06. The zero-order valence-corrected chi connectivity index (χ0v) is 9.26. The monoisotopic (exact) mass is 293 g/mol. The minimum absolute atomic E-state index is 0.0905. The first-order valence-corrected chi connectivity index (χ1v) is 4.81. The van der Waals surface area contributed by atoms with E-state index in [9.17, 15) is 9.18 Å². The van der Waals surface area contributed by atoms with Gasteiger partial charge in [0.15, 0.2) is 0 Å². The fourth-order valence-corrected chi connectivity index (χ4v) is 1.66. The maximum absolute atomic E-state index is 13.1. The summed E-state index contributed by atoms with van der Waals surface area (Å²) in [7, 11) is 0. The highest BCUT2D eigenvalue weighted by Gasteiger charge is 2.06. The molecule has 0 saturated heterocycles. The fraction of sp³-hybridized carbons (Fsp3) is 0.222. The van der Waals surface area contributed by atoms with Crippen molar-refractivity contribution in [2.45, 2.75) is 13.3 Å². The zero-order valence-electron chi connectivity index (χ0n) is 7.10. The van der Waals surface area contributed by atoms with Crippen molar-refractivity contribution in [1.29, 1.82) is 0 Å². The van der Waals surface area contributed by atoms with Crippen LogP contribution in [0.4, 0.5) is 4.39 Å². The highest BCUT2D eigenvalue weighted by Crippen LogP contribution is 2.17. The third kappa shape index (κ3) is 2.65. The quantitative estimate of drug-likeness (QED) is 0.830. The number of primary amides is 1. The Kier molecular flexibility index (Phi) is 3.24. The first-order chi connectivity index (χ1) is 6.00. The number of carbonyl (C=O) groups excluding carboxylic acids is 1. The molecular weight excluding hydrogens is 284 g/mol. The average molecular weight is 293 g/mol. The van der Waals surface area contributed by atoms with Crippen LogP contribution in [0, 0.1) is 16.3 Å². The highest BCUT2D eigenvalue weighted by atomic mass is 127. The molecule has 0 bridgehead atoms. The summed E-state index contributed by atoms with van der Waals surface area (Å²) in [4.78, 5) is 10.6. The van der Waals surface area contributed by atoms with Gasteiger partial charge < -0.3 is 5.73 Å². The molecule has 0 aliphatic carbocycles. The van der Waals surface area contributed by atoms with E-state index in [0.717, 1.165) is 3.57 Å². The average Bonchev–Trinajstić information content (AvgIpc) is 1.98. The van der Waals surface area contributed by atoms with Gasteiger partial charge in [0.25, 0.3) is 0 Å². The van der Waals surface area contributed by atoms with E-state index in [-0.39, 0.29) is 12.2 Å². The van der Waals surface area contributed by atoms with Gasteiger partial charge in [-0.25, -0.2) is 4.39 Å². The first kappa shape index (κ1) is 10.4. The smallest absolute Gasteiger partial charge is 0.221 e. The minimum atomic E-state index is -0.445. The van der Waals surface area contributed by atoms with Crippen LogP contribution in [0.15, 0.2) is 12.1 Å². The van der Waals surface area contributed by atoms with Crippen molar-refractivity contribution in [3.05, 3.63) is 32.6 Å².